The number of amides is 2. The fraction of sp³-hybridized carbons (Fsp3) is 0.435. The summed E-state index contributed by atoms with van der Waals surface area (Å²) in [5.41, 5.74) is 4.18. The van der Waals surface area contributed by atoms with Crippen LogP contribution >= 0.6 is 0 Å². The second kappa shape index (κ2) is 18.0. The first-order valence-electron chi connectivity index (χ1n) is 19.0. The Hall–Kier alpha value is -3.82. The number of hydrogen-bond acceptors (Lipinski definition) is 2. The zero-order chi connectivity index (χ0) is 39.7. The van der Waals surface area contributed by atoms with Gasteiger partial charge in [0.15, 0.2) is 0 Å². The fourth-order valence-corrected chi connectivity index (χ4v) is 17.8. The van der Waals surface area contributed by atoms with Crippen LogP contribution in [-0.2, 0) is 35.5 Å². The van der Waals surface area contributed by atoms with Crippen LogP contribution in [0.3, 0.4) is 0 Å². The smallest absolute Gasteiger partial charge is 0.288 e. The summed E-state index contributed by atoms with van der Waals surface area (Å²) in [7, 11) is -4.43. The number of hydrogen-bond donors (Lipinski definition) is 2. The second-order valence-electron chi connectivity index (χ2n) is 18.6. The summed E-state index contributed by atoms with van der Waals surface area (Å²) in [6, 6.07) is 36.2. The van der Waals surface area contributed by atoms with E-state index in [-0.39, 0.29) is 11.8 Å². The normalized spacial score (nSPS) is 12.5. The summed E-state index contributed by atoms with van der Waals surface area (Å²) in [6.07, 6.45) is 0.739. The molecule has 286 valence electrons. The molecule has 0 aliphatic heterocycles. The van der Waals surface area contributed by atoms with Crippen LogP contribution in [0.4, 0.5) is 4.11 Å². The first kappa shape index (κ1) is 43.6. The molecule has 0 saturated heterocycles. The van der Waals surface area contributed by atoms with Crippen molar-refractivity contribution in [3.63, 3.8) is 0 Å². The predicted octanol–water partition coefficient (Wildman–Crippen LogP) is 9.85. The first-order chi connectivity index (χ1) is 24.5. The van der Waals surface area contributed by atoms with Crippen molar-refractivity contribution < 1.29 is 13.7 Å². The number of rotatable bonds is 10. The van der Waals surface area contributed by atoms with Crippen molar-refractivity contribution in [3.05, 3.63) is 131 Å². The highest BCUT2D eigenvalue weighted by Gasteiger charge is 2.56. The molecule has 2 amide bonds. The van der Waals surface area contributed by atoms with Crippen LogP contribution in [0.2, 0.25) is 20.2 Å². The quantitative estimate of drug-likeness (QED) is 0.125. The lowest BCUT2D eigenvalue weighted by Gasteiger charge is -2.44. The van der Waals surface area contributed by atoms with E-state index in [0.29, 0.717) is 36.0 Å². The van der Waals surface area contributed by atoms with E-state index in [2.05, 4.69) is 76.4 Å². The SMILES string of the molecule is CC(C)(C)[SiH](c1ccc(CC(=O)NCc2ccccc2)cc1)C(C)(C)C.CC(C)(C)[Si]([18F])(c1ccc(CC(=O)NCc2ccccc2)cc1)C(C)(C)C. The van der Waals surface area contributed by atoms with Gasteiger partial charge in [-0.3, -0.25) is 9.59 Å². The van der Waals surface area contributed by atoms with Gasteiger partial charge in [0.2, 0.25) is 11.8 Å². The van der Waals surface area contributed by atoms with Gasteiger partial charge in [-0.25, -0.2) is 0 Å². The van der Waals surface area contributed by atoms with E-state index in [1.165, 1.54) is 5.19 Å². The standard InChI is InChI=1S/C23H32FNOSi.C23H33NOSi/c1-22(2,3)27(24,23(4,5)6)20-14-12-18(13-15-20)16-21(26)25-17-19-10-8-7-9-11-19;1-22(2,3)26(23(4,5)6)20-14-12-18(13-15-20)16-21(25)24-17-19-10-8-7-9-11-19/h7-15H,16-17H2,1-6H3,(H,25,26);7-15,26H,16-17H2,1-6H3,(H,24,25)/i24-1;. The largest absolute Gasteiger partial charge is 0.352 e. The third kappa shape index (κ3) is 12.6. The van der Waals surface area contributed by atoms with Crippen molar-refractivity contribution in [2.75, 3.05) is 0 Å². The minimum Gasteiger partial charge on any atom is -0.352 e. The van der Waals surface area contributed by atoms with Gasteiger partial charge in [0.1, 0.15) is 0 Å². The topological polar surface area (TPSA) is 58.2 Å². The van der Waals surface area contributed by atoms with Gasteiger partial charge < -0.3 is 14.7 Å². The van der Waals surface area contributed by atoms with Gasteiger partial charge in [0.25, 0.3) is 8.41 Å². The molecular formula is C46H65FN2O2Si2. The maximum absolute atomic E-state index is 16.3. The second-order valence-corrected chi connectivity index (χ2v) is 28.5. The summed E-state index contributed by atoms with van der Waals surface area (Å²) >= 11 is 0. The molecule has 2 N–H and O–H groups in total. The van der Waals surface area contributed by atoms with Crippen LogP contribution in [0.1, 0.15) is 105 Å². The van der Waals surface area contributed by atoms with Gasteiger partial charge in [-0.2, -0.15) is 0 Å². The lowest BCUT2D eigenvalue weighted by molar-refractivity contribution is -0.121. The molecule has 4 rings (SSSR count). The highest BCUT2D eigenvalue weighted by atomic mass is 28.4. The summed E-state index contributed by atoms with van der Waals surface area (Å²) in [4.78, 5) is 24.4. The van der Waals surface area contributed by atoms with Gasteiger partial charge in [-0.15, -0.1) is 0 Å². The Morgan fingerprint density at radius 1 is 0.509 bits per heavy atom. The Labute approximate surface area is 323 Å². The molecule has 0 fully saturated rings. The van der Waals surface area contributed by atoms with E-state index in [1.54, 1.807) is 0 Å². The molecule has 7 heteroatoms. The fourth-order valence-electron chi connectivity index (χ4n) is 8.06. The van der Waals surface area contributed by atoms with Crippen LogP contribution in [0, 0.1) is 0 Å². The highest BCUT2D eigenvalue weighted by Crippen LogP contribution is 2.51. The molecule has 0 atom stereocenters. The Kier molecular flexibility index (Phi) is 14.8. The van der Waals surface area contributed by atoms with Crippen molar-refractivity contribution in [2.45, 2.75) is 129 Å². The van der Waals surface area contributed by atoms with E-state index < -0.39 is 27.3 Å². The Morgan fingerprint density at radius 2 is 0.849 bits per heavy atom. The third-order valence-electron chi connectivity index (χ3n) is 9.86. The third-order valence-corrected chi connectivity index (χ3v) is 19.6. The summed E-state index contributed by atoms with van der Waals surface area (Å²) < 4.78 is 16.3. The average Bonchev–Trinajstić information content (AvgIpc) is 3.06. The van der Waals surface area contributed by atoms with Gasteiger partial charge in [0, 0.05) is 13.1 Å². The van der Waals surface area contributed by atoms with Crippen molar-refractivity contribution >= 4 is 39.4 Å². The zero-order valence-corrected chi connectivity index (χ0v) is 36.6. The molecule has 4 nitrogen and oxygen atoms in total. The molecule has 0 saturated carbocycles. The summed E-state index contributed by atoms with van der Waals surface area (Å²) in [5, 5.41) is 8.07. The van der Waals surface area contributed by atoms with E-state index in [1.807, 2.05) is 126 Å². The molecule has 0 radical (unpaired) electrons. The maximum atomic E-state index is 16.3. The van der Waals surface area contributed by atoms with Gasteiger partial charge in [-0.05, 0) is 47.6 Å². The molecule has 0 unspecified atom stereocenters. The minimum absolute atomic E-state index is 0.0259. The van der Waals surface area contributed by atoms with Crippen LogP contribution in [0.25, 0.3) is 0 Å². The number of nitrogens with one attached hydrogen (secondary N) is 2. The molecular weight excluding hydrogens is 687 g/mol. The van der Waals surface area contributed by atoms with E-state index in [9.17, 15) is 9.59 Å². The van der Waals surface area contributed by atoms with Crippen LogP contribution < -0.4 is 21.0 Å². The average molecular weight is 752 g/mol. The monoisotopic (exact) mass is 751 g/mol. The Bertz CT molecular complexity index is 1700. The number of carbonyl (C=O) groups excluding carboxylic acids is 2. The van der Waals surface area contributed by atoms with Crippen LogP contribution in [-0.4, -0.2) is 29.0 Å². The Morgan fingerprint density at radius 3 is 1.17 bits per heavy atom. The number of carbonyl (C=O) groups is 2. The lowest BCUT2D eigenvalue weighted by Crippen LogP contribution is -2.57. The van der Waals surface area contributed by atoms with E-state index >= 15 is 4.11 Å². The van der Waals surface area contributed by atoms with Gasteiger partial charge in [-0.1, -0.05) is 197 Å². The molecule has 4 aromatic rings. The van der Waals surface area contributed by atoms with Crippen molar-refractivity contribution in [1.29, 1.82) is 0 Å². The molecule has 0 aromatic heterocycles. The van der Waals surface area contributed by atoms with E-state index in [4.69, 9.17) is 0 Å². The number of benzene rings is 4. The van der Waals surface area contributed by atoms with Crippen molar-refractivity contribution in [3.8, 4) is 0 Å². The van der Waals surface area contributed by atoms with Crippen molar-refractivity contribution in [1.82, 2.24) is 10.6 Å². The molecule has 0 spiro atoms. The van der Waals surface area contributed by atoms with E-state index in [0.717, 1.165) is 27.4 Å². The molecule has 0 bridgehead atoms. The van der Waals surface area contributed by atoms with Gasteiger partial charge in [0.05, 0.1) is 21.6 Å². The summed E-state index contributed by atoms with van der Waals surface area (Å²) in [5.74, 6) is 0.0454. The highest BCUT2D eigenvalue weighted by molar-refractivity contribution is 6.90. The van der Waals surface area contributed by atoms with Gasteiger partial charge >= 0.3 is 0 Å². The maximum Gasteiger partial charge on any atom is 0.288 e. The molecule has 4 aromatic carbocycles. The Balaban J connectivity index is 0.000000286. The lowest BCUT2D eigenvalue weighted by atomic mass is 10.1. The first-order valence-corrected chi connectivity index (χ1v) is 22.6. The number of halogens is 1. The zero-order valence-electron chi connectivity index (χ0n) is 34.5. The van der Waals surface area contributed by atoms with Crippen LogP contribution in [0.5, 0.6) is 0 Å². The predicted molar refractivity (Wildman–Crippen MR) is 229 cm³/mol. The van der Waals surface area contributed by atoms with Crippen molar-refractivity contribution in [2.24, 2.45) is 0 Å². The summed E-state index contributed by atoms with van der Waals surface area (Å²) in [6.45, 7) is 27.2. The minimum atomic E-state index is -3.25. The molecule has 0 aliphatic carbocycles. The molecule has 0 aliphatic rings. The molecule has 53 heavy (non-hydrogen) atoms. The molecule has 0 heterocycles. The van der Waals surface area contributed by atoms with Crippen LogP contribution in [0.15, 0.2) is 109 Å².